The zero-order chi connectivity index (χ0) is 21.2. The quantitative estimate of drug-likeness (QED) is 0.562. The summed E-state index contributed by atoms with van der Waals surface area (Å²) in [6, 6.07) is 15.9. The van der Waals surface area contributed by atoms with Crippen LogP contribution in [0.1, 0.15) is 5.56 Å². The van der Waals surface area contributed by atoms with E-state index in [4.69, 9.17) is 20.8 Å². The molecule has 0 fully saturated rings. The summed E-state index contributed by atoms with van der Waals surface area (Å²) in [5.74, 6) is 1.45. The Morgan fingerprint density at radius 1 is 0.967 bits per heavy atom. The van der Waals surface area contributed by atoms with E-state index in [0.717, 1.165) is 28.4 Å². The van der Waals surface area contributed by atoms with Crippen molar-refractivity contribution >= 4 is 11.4 Å². The number of rotatable bonds is 2. The van der Waals surface area contributed by atoms with E-state index in [9.17, 15) is 5.26 Å². The first-order chi connectivity index (χ1) is 14.7. The zero-order valence-corrected chi connectivity index (χ0v) is 17.2. The fraction of sp³-hybridized carbons (Fsp3) is 0.391. The van der Waals surface area contributed by atoms with Crippen molar-refractivity contribution in [2.75, 3.05) is 62.5 Å². The van der Waals surface area contributed by atoms with Crippen molar-refractivity contribution in [3.05, 3.63) is 59.4 Å². The molecule has 0 atom stereocenters. The van der Waals surface area contributed by atoms with Crippen LogP contribution >= 0.6 is 0 Å². The Hall–Kier alpha value is -3.42. The van der Waals surface area contributed by atoms with Crippen molar-refractivity contribution in [3.63, 3.8) is 0 Å². The van der Waals surface area contributed by atoms with Gasteiger partial charge in [-0.2, -0.15) is 5.26 Å². The van der Waals surface area contributed by atoms with Gasteiger partial charge in [0, 0.05) is 13.1 Å². The predicted octanol–water partition coefficient (Wildman–Crippen LogP) is 3.50. The number of anilines is 2. The molecule has 1 heterocycles. The van der Waals surface area contributed by atoms with Crippen LogP contribution in [0.3, 0.4) is 0 Å². The van der Waals surface area contributed by atoms with E-state index in [1.54, 1.807) is 0 Å². The van der Waals surface area contributed by atoms with E-state index in [1.807, 2.05) is 59.2 Å². The van der Waals surface area contributed by atoms with Crippen molar-refractivity contribution in [2.45, 2.75) is 6.92 Å². The normalized spacial score (nSPS) is 15.2. The summed E-state index contributed by atoms with van der Waals surface area (Å²) in [5.41, 5.74) is 2.82. The summed E-state index contributed by atoms with van der Waals surface area (Å²) in [6.45, 7) is 12.6. The lowest BCUT2D eigenvalue weighted by Gasteiger charge is -2.24. The van der Waals surface area contributed by atoms with Crippen molar-refractivity contribution < 1.29 is 14.2 Å². The summed E-state index contributed by atoms with van der Waals surface area (Å²) < 4.78 is 17.9. The molecule has 7 nitrogen and oxygen atoms in total. The van der Waals surface area contributed by atoms with Crippen LogP contribution < -0.4 is 19.3 Å². The van der Waals surface area contributed by atoms with E-state index in [2.05, 4.69) is 10.9 Å². The van der Waals surface area contributed by atoms with Crippen molar-refractivity contribution in [3.8, 4) is 17.6 Å². The standard InChI is InChI=1S/C23H26N4O3/c1-19-7-8-21-23(17-19)30-16-15-29-22-6-4-3-5-20(22)27(18-25-2)12-14-28-13-11-26(21)10-9-24/h3-8,17H,10-16,18H2,1H3. The Bertz CT molecular complexity index is 919. The summed E-state index contributed by atoms with van der Waals surface area (Å²) in [4.78, 5) is 7.45. The average Bonchev–Trinajstić information content (AvgIpc) is 2.75. The fourth-order valence-electron chi connectivity index (χ4n) is 3.32. The fourth-order valence-corrected chi connectivity index (χ4v) is 3.32. The van der Waals surface area contributed by atoms with Gasteiger partial charge in [0.05, 0.1) is 30.7 Å². The molecule has 3 rings (SSSR count). The summed E-state index contributed by atoms with van der Waals surface area (Å²) in [6.07, 6.45) is 0. The Labute approximate surface area is 177 Å². The van der Waals surface area contributed by atoms with Gasteiger partial charge in [0.15, 0.2) is 0 Å². The van der Waals surface area contributed by atoms with Gasteiger partial charge in [-0.05, 0) is 36.8 Å². The third-order valence-electron chi connectivity index (χ3n) is 4.77. The Morgan fingerprint density at radius 3 is 2.43 bits per heavy atom. The first-order valence-electron chi connectivity index (χ1n) is 9.96. The molecule has 156 valence electrons. The number of aryl methyl sites for hydroxylation is 1. The van der Waals surface area contributed by atoms with Gasteiger partial charge in [-0.3, -0.25) is 9.74 Å². The van der Waals surface area contributed by atoms with Gasteiger partial charge in [-0.15, -0.1) is 0 Å². The second kappa shape index (κ2) is 10.9. The predicted molar refractivity (Wildman–Crippen MR) is 116 cm³/mol. The number of hydrogen-bond donors (Lipinski definition) is 0. The van der Waals surface area contributed by atoms with Crippen LogP contribution in [0.15, 0.2) is 42.5 Å². The Morgan fingerprint density at radius 2 is 1.67 bits per heavy atom. The van der Waals surface area contributed by atoms with Crippen LogP contribution in [0.5, 0.6) is 11.5 Å². The average molecular weight is 406 g/mol. The van der Waals surface area contributed by atoms with Gasteiger partial charge in [0.1, 0.15) is 31.3 Å². The van der Waals surface area contributed by atoms with E-state index in [-0.39, 0.29) is 13.2 Å². The molecule has 0 aliphatic carbocycles. The molecule has 1 aliphatic heterocycles. The molecule has 2 aromatic rings. The van der Waals surface area contributed by atoms with Crippen LogP contribution in [0, 0.1) is 24.8 Å². The molecule has 0 spiro atoms. The maximum Gasteiger partial charge on any atom is 0.289 e. The number of benzene rings is 2. The molecule has 0 amide bonds. The molecule has 0 bridgehead atoms. The second-order valence-electron chi connectivity index (χ2n) is 6.89. The highest BCUT2D eigenvalue weighted by molar-refractivity contribution is 5.60. The Kier molecular flexibility index (Phi) is 7.77. The van der Waals surface area contributed by atoms with Gasteiger partial charge in [0.25, 0.3) is 6.67 Å². The minimum absolute atomic E-state index is 0.228. The molecular formula is C23H26N4O3. The van der Waals surface area contributed by atoms with E-state index < -0.39 is 0 Å². The number of hydrogen-bond acceptors (Lipinski definition) is 6. The lowest BCUT2D eigenvalue weighted by atomic mass is 10.2. The number of ether oxygens (including phenoxy) is 3. The van der Waals surface area contributed by atoms with Crippen LogP contribution in [0.25, 0.3) is 4.85 Å². The summed E-state index contributed by atoms with van der Waals surface area (Å²) >= 11 is 0. The maximum atomic E-state index is 9.27. The number of fused-ring (bicyclic) bond motifs is 2. The van der Waals surface area contributed by atoms with E-state index in [1.165, 1.54) is 0 Å². The lowest BCUT2D eigenvalue weighted by molar-refractivity contribution is 0.146. The van der Waals surface area contributed by atoms with Crippen LogP contribution in [0.4, 0.5) is 11.4 Å². The van der Waals surface area contributed by atoms with Gasteiger partial charge < -0.3 is 19.1 Å². The smallest absolute Gasteiger partial charge is 0.289 e. The van der Waals surface area contributed by atoms with E-state index in [0.29, 0.717) is 39.5 Å². The second-order valence-corrected chi connectivity index (χ2v) is 6.89. The van der Waals surface area contributed by atoms with Crippen molar-refractivity contribution in [1.82, 2.24) is 0 Å². The molecule has 0 saturated carbocycles. The SMILES string of the molecule is [C-]#[N+]CN1CCOCCN(CC#N)c2ccc(C)cc2OCCOc2ccccc21. The number of para-hydroxylation sites is 2. The molecule has 2 aromatic carbocycles. The van der Waals surface area contributed by atoms with Gasteiger partial charge in [0.2, 0.25) is 0 Å². The zero-order valence-electron chi connectivity index (χ0n) is 17.2. The first kappa shape index (κ1) is 21.3. The highest BCUT2D eigenvalue weighted by Gasteiger charge is 2.16. The largest absolute Gasteiger partial charge is 0.488 e. The topological polar surface area (TPSA) is 62.3 Å². The van der Waals surface area contributed by atoms with Gasteiger partial charge in [-0.1, -0.05) is 18.2 Å². The first-order valence-corrected chi connectivity index (χ1v) is 9.96. The van der Waals surface area contributed by atoms with Gasteiger partial charge in [-0.25, -0.2) is 6.57 Å². The molecule has 7 heteroatoms. The Balaban J connectivity index is 1.84. The molecule has 0 unspecified atom stereocenters. The van der Waals surface area contributed by atoms with E-state index >= 15 is 0 Å². The van der Waals surface area contributed by atoms with Crippen LogP contribution in [0.2, 0.25) is 0 Å². The minimum atomic E-state index is 0.228. The summed E-state index contributed by atoms with van der Waals surface area (Å²) in [5, 5.41) is 9.27. The van der Waals surface area contributed by atoms with Crippen molar-refractivity contribution in [2.24, 2.45) is 0 Å². The highest BCUT2D eigenvalue weighted by atomic mass is 16.5. The molecule has 30 heavy (non-hydrogen) atoms. The number of nitrogens with zero attached hydrogens (tertiary/aromatic N) is 4. The third-order valence-corrected chi connectivity index (χ3v) is 4.77. The molecule has 0 N–H and O–H groups in total. The molecule has 1 aliphatic rings. The van der Waals surface area contributed by atoms with Crippen LogP contribution in [-0.4, -0.2) is 52.7 Å². The third kappa shape index (κ3) is 5.56. The molecule has 0 saturated heterocycles. The number of nitriles is 1. The molecule has 0 radical (unpaired) electrons. The maximum absolute atomic E-state index is 9.27. The van der Waals surface area contributed by atoms with Gasteiger partial charge >= 0.3 is 0 Å². The minimum Gasteiger partial charge on any atom is -0.488 e. The molecular weight excluding hydrogens is 380 g/mol. The van der Waals surface area contributed by atoms with Crippen LogP contribution in [-0.2, 0) is 4.74 Å². The highest BCUT2D eigenvalue weighted by Crippen LogP contribution is 2.31. The lowest BCUT2D eigenvalue weighted by Crippen LogP contribution is -2.31. The summed E-state index contributed by atoms with van der Waals surface area (Å²) in [7, 11) is 0. The van der Waals surface area contributed by atoms with Crippen molar-refractivity contribution in [1.29, 1.82) is 5.26 Å². The monoisotopic (exact) mass is 406 g/mol. The molecule has 0 aromatic heterocycles.